The van der Waals surface area contributed by atoms with Gasteiger partial charge in [-0.25, -0.2) is 0 Å². The van der Waals surface area contributed by atoms with E-state index in [1.807, 2.05) is 0 Å². The molecule has 2 rings (SSSR count). The van der Waals surface area contributed by atoms with Crippen molar-refractivity contribution in [1.82, 2.24) is 0 Å². The van der Waals surface area contributed by atoms with Crippen LogP contribution in [0.3, 0.4) is 0 Å². The van der Waals surface area contributed by atoms with E-state index in [2.05, 4.69) is 0 Å². The van der Waals surface area contributed by atoms with Gasteiger partial charge in [0.2, 0.25) is 0 Å². The van der Waals surface area contributed by atoms with Gasteiger partial charge in [0, 0.05) is 0 Å². The second-order valence-corrected chi connectivity index (χ2v) is 4.65. The van der Waals surface area contributed by atoms with Crippen LogP contribution >= 0.6 is 0 Å². The average Bonchev–Trinajstić information content (AvgIpc) is 2.17. The van der Waals surface area contributed by atoms with Crippen molar-refractivity contribution in [3.63, 3.8) is 0 Å². The summed E-state index contributed by atoms with van der Waals surface area (Å²) < 4.78 is 0. The van der Waals surface area contributed by atoms with Crippen LogP contribution in [-0.4, -0.2) is 11.1 Å². The third-order valence-electron chi connectivity index (χ3n) is 3.89. The van der Waals surface area contributed by atoms with E-state index in [1.165, 1.54) is 32.1 Å². The zero-order valence-electron chi connectivity index (χ0n) is 8.04. The van der Waals surface area contributed by atoms with Crippen LogP contribution in [-0.2, 0) is 4.79 Å². The summed E-state index contributed by atoms with van der Waals surface area (Å²) in [4.78, 5) is 10.8. The lowest BCUT2D eigenvalue weighted by Crippen LogP contribution is -2.31. The fourth-order valence-electron chi connectivity index (χ4n) is 3.10. The standard InChI is InChI=1S/C11H18O2/c12-11(13)10-6-5-8-3-1-2-4-9(8)7-10/h8-10H,1-7H2,(H,12,13)/t8-,9-,10-/m1/s1. The Bertz CT molecular complexity index is 200. The molecule has 2 aliphatic carbocycles. The maximum absolute atomic E-state index is 10.8. The van der Waals surface area contributed by atoms with Crippen LogP contribution in [0.1, 0.15) is 44.9 Å². The van der Waals surface area contributed by atoms with Crippen molar-refractivity contribution in [2.24, 2.45) is 17.8 Å². The summed E-state index contributed by atoms with van der Waals surface area (Å²) in [5, 5.41) is 8.93. The molecule has 1 N–H and O–H groups in total. The Labute approximate surface area is 79.3 Å². The molecule has 2 nitrogen and oxygen atoms in total. The van der Waals surface area contributed by atoms with Gasteiger partial charge in [-0.2, -0.15) is 0 Å². The second-order valence-electron chi connectivity index (χ2n) is 4.65. The first-order valence-corrected chi connectivity index (χ1v) is 5.50. The summed E-state index contributed by atoms with van der Waals surface area (Å²) in [6.45, 7) is 0. The number of fused-ring (bicyclic) bond motifs is 1. The second kappa shape index (κ2) is 3.69. The van der Waals surface area contributed by atoms with Gasteiger partial charge in [-0.1, -0.05) is 25.7 Å². The summed E-state index contributed by atoms with van der Waals surface area (Å²) in [6.07, 6.45) is 8.40. The molecule has 74 valence electrons. The fourth-order valence-corrected chi connectivity index (χ4v) is 3.10. The minimum atomic E-state index is -0.566. The van der Waals surface area contributed by atoms with E-state index in [1.54, 1.807) is 0 Å². The van der Waals surface area contributed by atoms with E-state index < -0.39 is 5.97 Å². The van der Waals surface area contributed by atoms with Gasteiger partial charge in [0.25, 0.3) is 0 Å². The van der Waals surface area contributed by atoms with E-state index in [-0.39, 0.29) is 5.92 Å². The van der Waals surface area contributed by atoms with Gasteiger partial charge in [-0.3, -0.25) is 4.79 Å². The molecular formula is C11H18O2. The molecule has 0 saturated heterocycles. The maximum Gasteiger partial charge on any atom is 0.306 e. The largest absolute Gasteiger partial charge is 0.481 e. The van der Waals surface area contributed by atoms with Gasteiger partial charge in [0.05, 0.1) is 5.92 Å². The highest BCUT2D eigenvalue weighted by Crippen LogP contribution is 2.42. The molecule has 0 unspecified atom stereocenters. The molecule has 0 amide bonds. The average molecular weight is 182 g/mol. The Hall–Kier alpha value is -0.530. The number of carbonyl (C=O) groups is 1. The first kappa shape index (κ1) is 9.04. The Kier molecular flexibility index (Phi) is 2.56. The zero-order valence-corrected chi connectivity index (χ0v) is 8.04. The van der Waals surface area contributed by atoms with E-state index >= 15 is 0 Å². The molecule has 2 saturated carbocycles. The predicted molar refractivity (Wildman–Crippen MR) is 50.4 cm³/mol. The summed E-state index contributed by atoms with van der Waals surface area (Å²) in [5.74, 6) is 1.01. The molecule has 2 heteroatoms. The van der Waals surface area contributed by atoms with E-state index in [4.69, 9.17) is 5.11 Å². The van der Waals surface area contributed by atoms with Crippen LogP contribution in [0.4, 0.5) is 0 Å². The first-order chi connectivity index (χ1) is 6.27. The number of carboxylic acids is 1. The highest BCUT2D eigenvalue weighted by Gasteiger charge is 2.34. The van der Waals surface area contributed by atoms with E-state index in [9.17, 15) is 4.79 Å². The molecule has 2 fully saturated rings. The van der Waals surface area contributed by atoms with Crippen molar-refractivity contribution in [1.29, 1.82) is 0 Å². The topological polar surface area (TPSA) is 37.3 Å². The Balaban J connectivity index is 1.95. The summed E-state index contributed by atoms with van der Waals surface area (Å²) in [6, 6.07) is 0. The van der Waals surface area contributed by atoms with E-state index in [0.29, 0.717) is 0 Å². The van der Waals surface area contributed by atoms with Crippen molar-refractivity contribution < 1.29 is 9.90 Å². The summed E-state index contributed by atoms with van der Waals surface area (Å²) in [7, 11) is 0. The fraction of sp³-hybridized carbons (Fsp3) is 0.909. The molecule has 0 aromatic carbocycles. The lowest BCUT2D eigenvalue weighted by Gasteiger charge is -2.37. The van der Waals surface area contributed by atoms with Gasteiger partial charge < -0.3 is 5.11 Å². The molecular weight excluding hydrogens is 164 g/mol. The highest BCUT2D eigenvalue weighted by molar-refractivity contribution is 5.70. The van der Waals surface area contributed by atoms with Gasteiger partial charge >= 0.3 is 5.97 Å². The molecule has 0 aromatic rings. The van der Waals surface area contributed by atoms with Crippen molar-refractivity contribution in [2.75, 3.05) is 0 Å². The molecule has 0 spiro atoms. The minimum absolute atomic E-state index is 0.0284. The van der Waals surface area contributed by atoms with Crippen LogP contribution in [0.25, 0.3) is 0 Å². The number of aliphatic carboxylic acids is 1. The number of hydrogen-bond donors (Lipinski definition) is 1. The molecule has 13 heavy (non-hydrogen) atoms. The minimum Gasteiger partial charge on any atom is -0.481 e. The van der Waals surface area contributed by atoms with Crippen molar-refractivity contribution >= 4 is 5.97 Å². The van der Waals surface area contributed by atoms with Crippen molar-refractivity contribution in [3.05, 3.63) is 0 Å². The lowest BCUT2D eigenvalue weighted by atomic mass is 9.67. The third-order valence-corrected chi connectivity index (χ3v) is 3.89. The SMILES string of the molecule is O=C(O)[C@@H]1CC[C@H]2CCCC[C@@H]2C1. The summed E-state index contributed by atoms with van der Waals surface area (Å²) >= 11 is 0. The molecule has 2 aliphatic rings. The number of carboxylic acid groups (broad SMARTS) is 1. The smallest absolute Gasteiger partial charge is 0.306 e. The predicted octanol–water partition coefficient (Wildman–Crippen LogP) is 2.68. The normalized spacial score (nSPS) is 39.5. The molecule has 0 aromatic heterocycles. The van der Waals surface area contributed by atoms with Crippen LogP contribution in [0.15, 0.2) is 0 Å². The number of rotatable bonds is 1. The maximum atomic E-state index is 10.8. The summed E-state index contributed by atoms with van der Waals surface area (Å²) in [5.41, 5.74) is 0. The molecule has 0 aliphatic heterocycles. The molecule has 0 heterocycles. The molecule has 0 radical (unpaired) electrons. The van der Waals surface area contributed by atoms with Gasteiger partial charge in [-0.15, -0.1) is 0 Å². The van der Waals surface area contributed by atoms with Crippen molar-refractivity contribution in [3.8, 4) is 0 Å². The quantitative estimate of drug-likeness (QED) is 0.677. The van der Waals surface area contributed by atoms with Crippen LogP contribution in [0.2, 0.25) is 0 Å². The highest BCUT2D eigenvalue weighted by atomic mass is 16.4. The molecule has 0 bridgehead atoms. The Morgan fingerprint density at radius 3 is 2.38 bits per heavy atom. The Morgan fingerprint density at radius 2 is 1.69 bits per heavy atom. The Morgan fingerprint density at radius 1 is 1.00 bits per heavy atom. The van der Waals surface area contributed by atoms with Crippen LogP contribution in [0, 0.1) is 17.8 Å². The third kappa shape index (κ3) is 1.87. The zero-order chi connectivity index (χ0) is 9.26. The van der Waals surface area contributed by atoms with Crippen molar-refractivity contribution in [2.45, 2.75) is 44.9 Å². The first-order valence-electron chi connectivity index (χ1n) is 5.50. The van der Waals surface area contributed by atoms with Gasteiger partial charge in [0.1, 0.15) is 0 Å². The monoisotopic (exact) mass is 182 g/mol. The van der Waals surface area contributed by atoms with Gasteiger partial charge in [-0.05, 0) is 31.1 Å². The number of hydrogen-bond acceptors (Lipinski definition) is 1. The van der Waals surface area contributed by atoms with Gasteiger partial charge in [0.15, 0.2) is 0 Å². The van der Waals surface area contributed by atoms with Crippen LogP contribution < -0.4 is 0 Å². The van der Waals surface area contributed by atoms with Crippen LogP contribution in [0.5, 0.6) is 0 Å². The van der Waals surface area contributed by atoms with E-state index in [0.717, 1.165) is 24.7 Å². The lowest BCUT2D eigenvalue weighted by molar-refractivity contribution is -0.144. The molecule has 3 atom stereocenters.